The molecule has 21 heavy (non-hydrogen) atoms. The van der Waals surface area contributed by atoms with Crippen molar-refractivity contribution in [2.24, 2.45) is 5.92 Å². The Balaban J connectivity index is 2.00. The maximum absolute atomic E-state index is 4.69. The first-order valence-corrected chi connectivity index (χ1v) is 8.36. The van der Waals surface area contributed by atoms with E-state index in [0.717, 1.165) is 36.5 Å². The summed E-state index contributed by atoms with van der Waals surface area (Å²) >= 11 is 0. The lowest BCUT2D eigenvalue weighted by atomic mass is 9.96. The third kappa shape index (κ3) is 4.87. The Hall–Kier alpha value is -1.32. The molecule has 4 heteroatoms. The van der Waals surface area contributed by atoms with Gasteiger partial charge in [-0.1, -0.05) is 46.5 Å². The monoisotopic (exact) mass is 290 g/mol. The van der Waals surface area contributed by atoms with Crippen molar-refractivity contribution in [3.05, 3.63) is 11.9 Å². The highest BCUT2D eigenvalue weighted by Crippen LogP contribution is 2.27. The molecule has 1 aromatic heterocycles. The van der Waals surface area contributed by atoms with Crippen molar-refractivity contribution in [1.82, 2.24) is 9.97 Å². The SMILES string of the molecule is CCNc1cc(NCCC2CCCC2)nc(C(C)(C)C)n1. The van der Waals surface area contributed by atoms with Gasteiger partial charge in [0.1, 0.15) is 17.5 Å². The van der Waals surface area contributed by atoms with Gasteiger partial charge >= 0.3 is 0 Å². The van der Waals surface area contributed by atoms with Crippen molar-refractivity contribution in [2.75, 3.05) is 23.7 Å². The second-order valence-corrected chi connectivity index (χ2v) is 7.11. The van der Waals surface area contributed by atoms with Crippen LogP contribution in [-0.4, -0.2) is 23.1 Å². The topological polar surface area (TPSA) is 49.8 Å². The average molecular weight is 290 g/mol. The number of aromatic nitrogens is 2. The Kier molecular flexibility index (Phi) is 5.43. The van der Waals surface area contributed by atoms with E-state index in [1.807, 2.05) is 6.07 Å². The minimum atomic E-state index is -0.0344. The molecule has 0 bridgehead atoms. The Bertz CT molecular complexity index is 445. The number of nitrogens with one attached hydrogen (secondary N) is 2. The second kappa shape index (κ2) is 7.10. The molecule has 0 amide bonds. The Labute approximate surface area is 129 Å². The van der Waals surface area contributed by atoms with E-state index < -0.39 is 0 Å². The van der Waals surface area contributed by atoms with E-state index in [1.54, 1.807) is 0 Å². The Morgan fingerprint density at radius 1 is 1.10 bits per heavy atom. The molecule has 1 aromatic rings. The fraction of sp³-hybridized carbons (Fsp3) is 0.765. The maximum Gasteiger partial charge on any atom is 0.138 e. The van der Waals surface area contributed by atoms with Crippen LogP contribution in [-0.2, 0) is 5.41 Å². The molecule has 1 aliphatic carbocycles. The fourth-order valence-electron chi connectivity index (χ4n) is 2.85. The van der Waals surface area contributed by atoms with E-state index in [-0.39, 0.29) is 5.41 Å². The van der Waals surface area contributed by atoms with Crippen molar-refractivity contribution in [3.63, 3.8) is 0 Å². The summed E-state index contributed by atoms with van der Waals surface area (Å²) in [6.07, 6.45) is 6.89. The zero-order valence-corrected chi connectivity index (χ0v) is 14.0. The standard InChI is InChI=1S/C17H30N4/c1-5-18-14-12-15(21-16(20-14)17(2,3)4)19-11-10-13-8-6-7-9-13/h12-13H,5-11H2,1-4H3,(H2,18,19,20,21). The molecule has 0 unspecified atom stereocenters. The molecular weight excluding hydrogens is 260 g/mol. The summed E-state index contributed by atoms with van der Waals surface area (Å²) in [5, 5.41) is 6.79. The van der Waals surface area contributed by atoms with Crippen LogP contribution in [0.2, 0.25) is 0 Å². The van der Waals surface area contributed by atoms with Gasteiger partial charge in [-0.3, -0.25) is 0 Å². The van der Waals surface area contributed by atoms with Crippen molar-refractivity contribution in [3.8, 4) is 0 Å². The van der Waals surface area contributed by atoms with Crippen LogP contribution in [0, 0.1) is 5.92 Å². The first kappa shape index (κ1) is 16.1. The molecule has 0 aliphatic heterocycles. The first-order chi connectivity index (χ1) is 9.99. The smallest absolute Gasteiger partial charge is 0.138 e. The van der Waals surface area contributed by atoms with Crippen molar-refractivity contribution in [1.29, 1.82) is 0 Å². The summed E-state index contributed by atoms with van der Waals surface area (Å²) in [5.41, 5.74) is -0.0344. The van der Waals surface area contributed by atoms with Crippen LogP contribution in [0.1, 0.15) is 65.6 Å². The molecule has 2 N–H and O–H groups in total. The fourth-order valence-corrected chi connectivity index (χ4v) is 2.85. The van der Waals surface area contributed by atoms with Gasteiger partial charge in [0.2, 0.25) is 0 Å². The van der Waals surface area contributed by atoms with Crippen LogP contribution in [0.3, 0.4) is 0 Å². The predicted octanol–water partition coefficient (Wildman–Crippen LogP) is 4.20. The van der Waals surface area contributed by atoms with E-state index in [1.165, 1.54) is 32.1 Å². The van der Waals surface area contributed by atoms with Gasteiger partial charge < -0.3 is 10.6 Å². The predicted molar refractivity (Wildman–Crippen MR) is 90.0 cm³/mol. The van der Waals surface area contributed by atoms with Gasteiger partial charge in [0, 0.05) is 24.6 Å². The van der Waals surface area contributed by atoms with Crippen molar-refractivity contribution < 1.29 is 0 Å². The minimum Gasteiger partial charge on any atom is -0.370 e. The van der Waals surface area contributed by atoms with E-state index in [9.17, 15) is 0 Å². The highest BCUT2D eigenvalue weighted by atomic mass is 15.1. The number of rotatable bonds is 6. The molecule has 2 rings (SSSR count). The van der Waals surface area contributed by atoms with Gasteiger partial charge in [-0.25, -0.2) is 9.97 Å². The average Bonchev–Trinajstić information content (AvgIpc) is 2.91. The molecule has 1 saturated carbocycles. The minimum absolute atomic E-state index is 0.0344. The third-order valence-electron chi connectivity index (χ3n) is 4.09. The lowest BCUT2D eigenvalue weighted by molar-refractivity contribution is 0.517. The van der Waals surface area contributed by atoms with Crippen molar-refractivity contribution in [2.45, 2.75) is 65.2 Å². The molecule has 1 fully saturated rings. The van der Waals surface area contributed by atoms with Crippen LogP contribution < -0.4 is 10.6 Å². The number of hydrogen-bond donors (Lipinski definition) is 2. The molecule has 0 saturated heterocycles. The van der Waals surface area contributed by atoms with Gasteiger partial charge in [-0.05, 0) is 19.3 Å². The van der Waals surface area contributed by atoms with Crippen LogP contribution in [0.15, 0.2) is 6.07 Å². The molecule has 1 aliphatic rings. The van der Waals surface area contributed by atoms with E-state index in [2.05, 4.69) is 48.3 Å². The van der Waals surface area contributed by atoms with Gasteiger partial charge in [0.25, 0.3) is 0 Å². The quantitative estimate of drug-likeness (QED) is 0.824. The molecule has 0 radical (unpaired) electrons. The molecule has 0 aromatic carbocycles. The highest BCUT2D eigenvalue weighted by molar-refractivity contribution is 5.48. The highest BCUT2D eigenvalue weighted by Gasteiger charge is 2.19. The lowest BCUT2D eigenvalue weighted by Crippen LogP contribution is -2.19. The first-order valence-electron chi connectivity index (χ1n) is 8.36. The molecule has 0 atom stereocenters. The summed E-state index contributed by atoms with van der Waals surface area (Å²) in [6, 6.07) is 2.02. The molecule has 4 nitrogen and oxygen atoms in total. The molecular formula is C17H30N4. The molecule has 1 heterocycles. The zero-order valence-electron chi connectivity index (χ0n) is 14.0. The zero-order chi connectivity index (χ0) is 15.3. The largest absolute Gasteiger partial charge is 0.370 e. The Morgan fingerprint density at radius 3 is 2.29 bits per heavy atom. The summed E-state index contributed by atoms with van der Waals surface area (Å²) in [6.45, 7) is 10.4. The summed E-state index contributed by atoms with van der Waals surface area (Å²) in [4.78, 5) is 9.31. The van der Waals surface area contributed by atoms with Crippen LogP contribution >= 0.6 is 0 Å². The van der Waals surface area contributed by atoms with Gasteiger partial charge in [-0.15, -0.1) is 0 Å². The number of nitrogens with zero attached hydrogens (tertiary/aromatic N) is 2. The van der Waals surface area contributed by atoms with Crippen LogP contribution in [0.5, 0.6) is 0 Å². The van der Waals surface area contributed by atoms with Gasteiger partial charge in [-0.2, -0.15) is 0 Å². The van der Waals surface area contributed by atoms with Crippen LogP contribution in [0.4, 0.5) is 11.6 Å². The van der Waals surface area contributed by atoms with E-state index in [4.69, 9.17) is 0 Å². The third-order valence-corrected chi connectivity index (χ3v) is 4.09. The summed E-state index contributed by atoms with van der Waals surface area (Å²) < 4.78 is 0. The number of hydrogen-bond acceptors (Lipinski definition) is 4. The van der Waals surface area contributed by atoms with Gasteiger partial charge in [0.05, 0.1) is 0 Å². The number of anilines is 2. The maximum atomic E-state index is 4.69. The Morgan fingerprint density at radius 2 is 1.71 bits per heavy atom. The molecule has 0 spiro atoms. The summed E-state index contributed by atoms with van der Waals surface area (Å²) in [7, 11) is 0. The second-order valence-electron chi connectivity index (χ2n) is 7.11. The normalized spacial score (nSPS) is 16.2. The lowest BCUT2D eigenvalue weighted by Gasteiger charge is -2.19. The van der Waals surface area contributed by atoms with Crippen LogP contribution in [0.25, 0.3) is 0 Å². The van der Waals surface area contributed by atoms with Crippen molar-refractivity contribution >= 4 is 11.6 Å². The molecule has 118 valence electrons. The summed E-state index contributed by atoms with van der Waals surface area (Å²) in [5.74, 6) is 3.67. The van der Waals surface area contributed by atoms with Gasteiger partial charge in [0.15, 0.2) is 0 Å². The van der Waals surface area contributed by atoms with E-state index in [0.29, 0.717) is 0 Å². The van der Waals surface area contributed by atoms with E-state index >= 15 is 0 Å².